The molecule has 23 heavy (non-hydrogen) atoms. The summed E-state index contributed by atoms with van der Waals surface area (Å²) in [6.07, 6.45) is 0. The van der Waals surface area contributed by atoms with Crippen LogP contribution in [0.3, 0.4) is 0 Å². The summed E-state index contributed by atoms with van der Waals surface area (Å²) in [5.41, 5.74) is 2.29. The summed E-state index contributed by atoms with van der Waals surface area (Å²) >= 11 is 0. The van der Waals surface area contributed by atoms with Gasteiger partial charge in [0.2, 0.25) is 0 Å². The summed E-state index contributed by atoms with van der Waals surface area (Å²) < 4.78 is 5.32. The van der Waals surface area contributed by atoms with Crippen LogP contribution in [0.1, 0.15) is 49.6 Å². The van der Waals surface area contributed by atoms with Crippen molar-refractivity contribution in [1.29, 1.82) is 0 Å². The highest BCUT2D eigenvalue weighted by Gasteiger charge is 2.09. The van der Waals surface area contributed by atoms with Crippen LogP contribution in [0.25, 0.3) is 0 Å². The largest absolute Gasteiger partial charge is 0.359 e. The predicted octanol–water partition coefficient (Wildman–Crippen LogP) is 3.27. The number of hydrogen-bond donors (Lipinski definition) is 2. The van der Waals surface area contributed by atoms with E-state index < -0.39 is 0 Å². The number of aromatic nitrogens is 1. The first-order valence-corrected chi connectivity index (χ1v) is 8.05. The predicted molar refractivity (Wildman–Crippen MR) is 93.7 cm³/mol. The van der Waals surface area contributed by atoms with Gasteiger partial charge in [-0.25, -0.2) is 0 Å². The average molecular weight is 314 g/mol. The summed E-state index contributed by atoms with van der Waals surface area (Å²) in [6, 6.07) is 12.4. The van der Waals surface area contributed by atoms with Crippen LogP contribution in [0.2, 0.25) is 0 Å². The molecule has 5 nitrogen and oxygen atoms in total. The van der Waals surface area contributed by atoms with Crippen LogP contribution >= 0.6 is 0 Å². The topological polar surface area (TPSA) is 62.5 Å². The second-order valence-corrected chi connectivity index (χ2v) is 5.99. The quantitative estimate of drug-likeness (QED) is 0.634. The Morgan fingerprint density at radius 1 is 1.17 bits per heavy atom. The highest BCUT2D eigenvalue weighted by molar-refractivity contribution is 5.79. The van der Waals surface area contributed by atoms with Crippen molar-refractivity contribution in [1.82, 2.24) is 15.8 Å². The van der Waals surface area contributed by atoms with E-state index >= 15 is 0 Å². The zero-order valence-corrected chi connectivity index (χ0v) is 14.3. The van der Waals surface area contributed by atoms with E-state index in [2.05, 4.69) is 65.8 Å². The van der Waals surface area contributed by atoms with E-state index in [0.29, 0.717) is 18.4 Å². The Hall–Kier alpha value is -2.30. The first kappa shape index (κ1) is 17.1. The van der Waals surface area contributed by atoms with E-state index in [0.717, 1.165) is 24.0 Å². The number of nitrogens with zero attached hydrogens (tertiary/aromatic N) is 2. The number of guanidine groups is 1. The third kappa shape index (κ3) is 5.13. The van der Waals surface area contributed by atoms with Gasteiger partial charge in [0.15, 0.2) is 11.7 Å². The molecule has 0 saturated heterocycles. The van der Waals surface area contributed by atoms with Gasteiger partial charge in [-0.2, -0.15) is 0 Å². The van der Waals surface area contributed by atoms with Crippen molar-refractivity contribution in [3.05, 3.63) is 53.4 Å². The van der Waals surface area contributed by atoms with Crippen molar-refractivity contribution in [2.75, 3.05) is 13.6 Å². The molecule has 0 aliphatic rings. The Labute approximate surface area is 138 Å². The number of rotatable bonds is 6. The Kier molecular flexibility index (Phi) is 6.20. The van der Waals surface area contributed by atoms with Gasteiger partial charge in [-0.1, -0.05) is 56.3 Å². The molecule has 0 radical (unpaired) electrons. The molecule has 2 rings (SSSR count). The molecule has 0 amide bonds. The van der Waals surface area contributed by atoms with Gasteiger partial charge in [-0.3, -0.25) is 4.99 Å². The third-order valence-corrected chi connectivity index (χ3v) is 3.77. The molecular weight excluding hydrogens is 288 g/mol. The van der Waals surface area contributed by atoms with Crippen LogP contribution < -0.4 is 10.6 Å². The van der Waals surface area contributed by atoms with Gasteiger partial charge < -0.3 is 15.2 Å². The Bertz CT molecular complexity index is 619. The maximum absolute atomic E-state index is 5.32. The van der Waals surface area contributed by atoms with Crippen molar-refractivity contribution in [3.63, 3.8) is 0 Å². The monoisotopic (exact) mass is 314 g/mol. The second kappa shape index (κ2) is 8.36. The fourth-order valence-electron chi connectivity index (χ4n) is 2.23. The van der Waals surface area contributed by atoms with Gasteiger partial charge in [-0.15, -0.1) is 0 Å². The van der Waals surface area contributed by atoms with Crippen molar-refractivity contribution >= 4 is 5.96 Å². The van der Waals surface area contributed by atoms with Gasteiger partial charge in [0, 0.05) is 19.7 Å². The summed E-state index contributed by atoms with van der Waals surface area (Å²) in [6.45, 7) is 7.78. The smallest absolute Gasteiger partial charge is 0.191 e. The van der Waals surface area contributed by atoms with E-state index in [1.54, 1.807) is 7.05 Å². The van der Waals surface area contributed by atoms with Gasteiger partial charge in [0.05, 0.1) is 12.2 Å². The van der Waals surface area contributed by atoms with Crippen molar-refractivity contribution in [3.8, 4) is 0 Å². The van der Waals surface area contributed by atoms with Crippen molar-refractivity contribution in [2.45, 2.75) is 39.2 Å². The highest BCUT2D eigenvalue weighted by Crippen LogP contribution is 2.14. The van der Waals surface area contributed by atoms with Crippen LogP contribution in [0.5, 0.6) is 0 Å². The van der Waals surface area contributed by atoms with Crippen LogP contribution in [0.4, 0.5) is 0 Å². The van der Waals surface area contributed by atoms with E-state index in [-0.39, 0.29) is 0 Å². The average Bonchev–Trinajstić information content (AvgIpc) is 3.05. The maximum Gasteiger partial charge on any atom is 0.191 e. The van der Waals surface area contributed by atoms with Gasteiger partial charge in [-0.05, 0) is 17.4 Å². The van der Waals surface area contributed by atoms with Crippen molar-refractivity contribution in [2.24, 2.45) is 4.99 Å². The number of aliphatic imine (C=N–C) groups is 1. The van der Waals surface area contributed by atoms with Crippen molar-refractivity contribution < 1.29 is 4.52 Å². The van der Waals surface area contributed by atoms with E-state index in [1.165, 1.54) is 5.56 Å². The summed E-state index contributed by atoms with van der Waals surface area (Å²) in [5, 5.41) is 10.7. The fraction of sp³-hybridized carbons (Fsp3) is 0.444. The van der Waals surface area contributed by atoms with Crippen LogP contribution in [0.15, 0.2) is 45.9 Å². The molecule has 2 N–H and O–H groups in total. The van der Waals surface area contributed by atoms with Gasteiger partial charge in [0.1, 0.15) is 0 Å². The minimum absolute atomic E-state index is 0.372. The molecule has 0 bridgehead atoms. The van der Waals surface area contributed by atoms with Crippen LogP contribution in [0, 0.1) is 0 Å². The standard InChI is InChI=1S/C18H26N4O/c1-13(2)17-10-16(23-22-17)12-21-18(19-4)20-11-14(3)15-8-6-5-7-9-15/h5-10,13-14H,11-12H2,1-4H3,(H2,19,20,21). The molecule has 0 aliphatic heterocycles. The number of benzene rings is 1. The molecule has 1 aromatic heterocycles. The molecule has 5 heteroatoms. The van der Waals surface area contributed by atoms with Crippen LogP contribution in [-0.4, -0.2) is 24.7 Å². The first-order valence-electron chi connectivity index (χ1n) is 8.05. The minimum atomic E-state index is 0.372. The Morgan fingerprint density at radius 2 is 1.91 bits per heavy atom. The Morgan fingerprint density at radius 3 is 2.52 bits per heavy atom. The molecule has 0 fully saturated rings. The molecule has 1 atom stereocenters. The molecule has 1 unspecified atom stereocenters. The summed E-state index contributed by atoms with van der Waals surface area (Å²) in [4.78, 5) is 4.24. The minimum Gasteiger partial charge on any atom is -0.359 e. The summed E-state index contributed by atoms with van der Waals surface area (Å²) in [5.74, 6) is 2.35. The molecule has 0 saturated carbocycles. The maximum atomic E-state index is 5.32. The molecule has 0 spiro atoms. The highest BCUT2D eigenvalue weighted by atomic mass is 16.5. The SMILES string of the molecule is CN=C(NCc1cc(C(C)C)no1)NCC(C)c1ccccc1. The lowest BCUT2D eigenvalue weighted by Crippen LogP contribution is -2.38. The molecule has 1 heterocycles. The lowest BCUT2D eigenvalue weighted by atomic mass is 10.0. The van der Waals surface area contributed by atoms with Gasteiger partial charge >= 0.3 is 0 Å². The molecule has 2 aromatic rings. The van der Waals surface area contributed by atoms with Gasteiger partial charge in [0.25, 0.3) is 0 Å². The lowest BCUT2D eigenvalue weighted by molar-refractivity contribution is 0.372. The number of nitrogens with one attached hydrogen (secondary N) is 2. The zero-order valence-electron chi connectivity index (χ0n) is 14.3. The molecule has 1 aromatic carbocycles. The van der Waals surface area contributed by atoms with E-state index in [9.17, 15) is 0 Å². The summed E-state index contributed by atoms with van der Waals surface area (Å²) in [7, 11) is 1.77. The van der Waals surface area contributed by atoms with E-state index in [4.69, 9.17) is 4.52 Å². The lowest BCUT2D eigenvalue weighted by Gasteiger charge is -2.15. The van der Waals surface area contributed by atoms with Crippen LogP contribution in [-0.2, 0) is 6.54 Å². The molecule has 124 valence electrons. The number of hydrogen-bond acceptors (Lipinski definition) is 3. The normalized spacial score (nSPS) is 13.2. The first-order chi connectivity index (χ1) is 11.1. The zero-order chi connectivity index (χ0) is 16.7. The Balaban J connectivity index is 1.81. The molecular formula is C18H26N4O. The second-order valence-electron chi connectivity index (χ2n) is 5.99. The fourth-order valence-corrected chi connectivity index (χ4v) is 2.23. The third-order valence-electron chi connectivity index (χ3n) is 3.77. The molecule has 0 aliphatic carbocycles. The van der Waals surface area contributed by atoms with E-state index in [1.807, 2.05) is 12.1 Å².